The number of fused-ring (bicyclic) bond motifs is 1. The number of rotatable bonds is 12. The van der Waals surface area contributed by atoms with Crippen LogP contribution in [0.3, 0.4) is 0 Å². The first-order valence-corrected chi connectivity index (χ1v) is 16.6. The Hall–Kier alpha value is -4.57. The minimum atomic E-state index is -0.915. The summed E-state index contributed by atoms with van der Waals surface area (Å²) in [5, 5.41) is 12.9. The van der Waals surface area contributed by atoms with Crippen LogP contribution >= 0.6 is 0 Å². The molecule has 2 amide bonds. The predicted molar refractivity (Wildman–Crippen MR) is 183 cm³/mol. The van der Waals surface area contributed by atoms with Gasteiger partial charge in [-0.15, -0.1) is 0 Å². The molecule has 1 aromatic heterocycles. The van der Waals surface area contributed by atoms with Crippen LogP contribution in [0, 0.1) is 0 Å². The molecule has 5 rings (SSSR count). The second kappa shape index (κ2) is 15.3. The smallest absolute Gasteiger partial charge is 0.407 e. The molecule has 2 N–H and O–H groups in total. The zero-order valence-corrected chi connectivity index (χ0v) is 27.7. The maximum atomic E-state index is 13.9. The zero-order valence-electron chi connectivity index (χ0n) is 27.7. The molecular formula is C37H47N5O5. The van der Waals surface area contributed by atoms with Crippen molar-refractivity contribution in [3.63, 3.8) is 0 Å². The second-order valence-corrected chi connectivity index (χ2v) is 13.4. The highest BCUT2D eigenvalue weighted by molar-refractivity contribution is 5.76. The molecule has 0 saturated carbocycles. The van der Waals surface area contributed by atoms with Gasteiger partial charge in [-0.1, -0.05) is 72.8 Å². The van der Waals surface area contributed by atoms with Crippen LogP contribution in [0.15, 0.2) is 89.7 Å². The van der Waals surface area contributed by atoms with Crippen molar-refractivity contribution in [1.82, 2.24) is 24.3 Å². The first-order valence-electron chi connectivity index (χ1n) is 16.6. The molecule has 2 atom stereocenters. The van der Waals surface area contributed by atoms with Crippen molar-refractivity contribution in [3.8, 4) is 0 Å². The van der Waals surface area contributed by atoms with E-state index in [-0.39, 0.29) is 24.3 Å². The number of nitrogens with zero attached hydrogens (tertiary/aromatic N) is 4. The van der Waals surface area contributed by atoms with Gasteiger partial charge in [0.1, 0.15) is 5.60 Å². The van der Waals surface area contributed by atoms with E-state index in [1.54, 1.807) is 30.2 Å². The number of hydrogen-bond acceptors (Lipinski definition) is 5. The van der Waals surface area contributed by atoms with E-state index in [2.05, 4.69) is 58.7 Å². The van der Waals surface area contributed by atoms with Gasteiger partial charge in [0.05, 0.1) is 11.0 Å². The van der Waals surface area contributed by atoms with E-state index in [1.165, 1.54) is 11.1 Å². The highest BCUT2D eigenvalue weighted by Crippen LogP contribution is 2.31. The maximum Gasteiger partial charge on any atom is 0.407 e. The van der Waals surface area contributed by atoms with Crippen LogP contribution in [-0.4, -0.2) is 67.5 Å². The first kappa shape index (κ1) is 33.8. The fourth-order valence-corrected chi connectivity index (χ4v) is 6.62. The number of piperidine rings is 1. The summed E-state index contributed by atoms with van der Waals surface area (Å²) in [7, 11) is 0. The Balaban J connectivity index is 1.29. The second-order valence-electron chi connectivity index (χ2n) is 13.4. The van der Waals surface area contributed by atoms with Crippen LogP contribution in [0.5, 0.6) is 0 Å². The van der Waals surface area contributed by atoms with E-state index in [9.17, 15) is 19.5 Å². The number of ether oxygens (including phenoxy) is 1. The minimum absolute atomic E-state index is 0.141. The SMILES string of the molecule is CC(C)(C)OC(=O)NCCn1c(=O)n(C2CCN(C(=O)O)C(CCCN(Cc3ccccc3)Cc3ccccc3)C2)c2ccccc21. The quantitative estimate of drug-likeness (QED) is 0.183. The third-order valence-corrected chi connectivity index (χ3v) is 8.68. The molecule has 0 aliphatic carbocycles. The summed E-state index contributed by atoms with van der Waals surface area (Å²) in [6.07, 6.45) is 1.21. The lowest BCUT2D eigenvalue weighted by Crippen LogP contribution is -2.47. The van der Waals surface area contributed by atoms with Crippen molar-refractivity contribution in [2.45, 2.75) is 83.8 Å². The number of benzene rings is 3. The monoisotopic (exact) mass is 641 g/mol. The fraction of sp³-hybridized carbons (Fsp3) is 0.432. The van der Waals surface area contributed by atoms with Crippen LogP contribution in [0.1, 0.15) is 63.6 Å². The molecule has 1 saturated heterocycles. The van der Waals surface area contributed by atoms with Gasteiger partial charge in [-0.3, -0.25) is 14.0 Å². The minimum Gasteiger partial charge on any atom is -0.465 e. The topological polar surface area (TPSA) is 109 Å². The lowest BCUT2D eigenvalue weighted by Gasteiger charge is -2.38. The number of carboxylic acid groups (broad SMARTS) is 1. The summed E-state index contributed by atoms with van der Waals surface area (Å²) in [5.41, 5.74) is 3.33. The number of aromatic nitrogens is 2. The highest BCUT2D eigenvalue weighted by Gasteiger charge is 2.34. The van der Waals surface area contributed by atoms with Crippen molar-refractivity contribution in [2.24, 2.45) is 0 Å². The lowest BCUT2D eigenvalue weighted by atomic mass is 9.93. The Morgan fingerprint density at radius 2 is 1.51 bits per heavy atom. The van der Waals surface area contributed by atoms with Gasteiger partial charge in [0.2, 0.25) is 0 Å². The Labute approximate surface area is 276 Å². The molecule has 47 heavy (non-hydrogen) atoms. The molecular weight excluding hydrogens is 594 g/mol. The van der Waals surface area contributed by atoms with Gasteiger partial charge in [0, 0.05) is 44.8 Å². The third kappa shape index (κ3) is 9.04. The van der Waals surface area contributed by atoms with Gasteiger partial charge in [0.25, 0.3) is 0 Å². The van der Waals surface area contributed by atoms with Gasteiger partial charge >= 0.3 is 17.9 Å². The van der Waals surface area contributed by atoms with Crippen molar-refractivity contribution in [3.05, 3.63) is 107 Å². The van der Waals surface area contributed by atoms with Gasteiger partial charge in [-0.25, -0.2) is 14.4 Å². The summed E-state index contributed by atoms with van der Waals surface area (Å²) in [6, 6.07) is 28.1. The summed E-state index contributed by atoms with van der Waals surface area (Å²) < 4.78 is 8.87. The van der Waals surface area contributed by atoms with Gasteiger partial charge < -0.3 is 20.1 Å². The molecule has 0 spiro atoms. The lowest BCUT2D eigenvalue weighted by molar-refractivity contribution is 0.0525. The molecule has 3 aromatic carbocycles. The van der Waals surface area contributed by atoms with Crippen molar-refractivity contribution >= 4 is 23.2 Å². The number of imidazole rings is 1. The van der Waals surface area contributed by atoms with Crippen molar-refractivity contribution in [2.75, 3.05) is 19.6 Å². The summed E-state index contributed by atoms with van der Waals surface area (Å²) in [6.45, 7) is 8.76. The van der Waals surface area contributed by atoms with E-state index in [1.807, 2.05) is 41.0 Å². The molecule has 10 nitrogen and oxygen atoms in total. The molecule has 0 bridgehead atoms. The summed E-state index contributed by atoms with van der Waals surface area (Å²) in [4.78, 5) is 42.4. The van der Waals surface area contributed by atoms with Crippen LogP contribution in [0.2, 0.25) is 0 Å². The molecule has 2 unspecified atom stereocenters. The van der Waals surface area contributed by atoms with Crippen LogP contribution in [0.4, 0.5) is 9.59 Å². The molecule has 250 valence electrons. The van der Waals surface area contributed by atoms with Crippen LogP contribution in [-0.2, 0) is 24.4 Å². The van der Waals surface area contributed by atoms with E-state index < -0.39 is 17.8 Å². The Bertz CT molecular complexity index is 1640. The average molecular weight is 642 g/mol. The van der Waals surface area contributed by atoms with Crippen LogP contribution < -0.4 is 11.0 Å². The zero-order chi connectivity index (χ0) is 33.4. The fourth-order valence-electron chi connectivity index (χ4n) is 6.62. The number of likely N-dealkylation sites (tertiary alicyclic amines) is 1. The number of nitrogens with one attached hydrogen (secondary N) is 1. The summed E-state index contributed by atoms with van der Waals surface area (Å²) in [5.74, 6) is 0. The first-order chi connectivity index (χ1) is 22.6. The van der Waals surface area contributed by atoms with E-state index >= 15 is 0 Å². The number of carbonyl (C=O) groups excluding carboxylic acids is 1. The van der Waals surface area contributed by atoms with E-state index in [0.717, 1.165) is 37.1 Å². The predicted octanol–water partition coefficient (Wildman–Crippen LogP) is 6.49. The van der Waals surface area contributed by atoms with Gasteiger partial charge in [-0.05, 0) is 76.3 Å². The van der Waals surface area contributed by atoms with Gasteiger partial charge in [0.15, 0.2) is 0 Å². The third-order valence-electron chi connectivity index (χ3n) is 8.68. The molecule has 1 aliphatic heterocycles. The standard InChI is InChI=1S/C37H47N5O5/c1-37(2,3)47-34(43)38-21-24-41-32-18-10-11-19-33(32)42(35(41)44)31-20-23-40(36(45)46)30(25-31)17-12-22-39(26-28-13-6-4-7-14-28)27-29-15-8-5-9-16-29/h4-11,13-16,18-19,30-31H,12,17,20-27H2,1-3H3,(H,38,43)(H,45,46). The highest BCUT2D eigenvalue weighted by atomic mass is 16.6. The Morgan fingerprint density at radius 1 is 0.915 bits per heavy atom. The van der Waals surface area contributed by atoms with E-state index in [0.29, 0.717) is 32.4 Å². The molecule has 1 fully saturated rings. The number of carbonyl (C=O) groups is 2. The molecule has 0 radical (unpaired) electrons. The van der Waals surface area contributed by atoms with Crippen molar-refractivity contribution < 1.29 is 19.4 Å². The number of amides is 2. The molecule has 4 aromatic rings. The Kier molecular flexibility index (Phi) is 11.0. The van der Waals surface area contributed by atoms with E-state index in [4.69, 9.17) is 4.74 Å². The molecule has 1 aliphatic rings. The molecule has 2 heterocycles. The molecule has 10 heteroatoms. The number of hydrogen-bond donors (Lipinski definition) is 2. The summed E-state index contributed by atoms with van der Waals surface area (Å²) >= 11 is 0. The number of alkyl carbamates (subject to hydrolysis) is 1. The van der Waals surface area contributed by atoms with Crippen molar-refractivity contribution in [1.29, 1.82) is 0 Å². The normalized spacial score (nSPS) is 16.8. The van der Waals surface area contributed by atoms with Gasteiger partial charge in [-0.2, -0.15) is 0 Å². The average Bonchev–Trinajstić information content (AvgIpc) is 3.31. The Morgan fingerprint density at radius 3 is 2.11 bits per heavy atom. The number of para-hydroxylation sites is 2. The largest absolute Gasteiger partial charge is 0.465 e. The van der Waals surface area contributed by atoms with Crippen LogP contribution in [0.25, 0.3) is 11.0 Å². The maximum absolute atomic E-state index is 13.9.